The zero-order valence-electron chi connectivity index (χ0n) is 76.2. The molecule has 5 aromatic carbocycles. The molecule has 9 rings (SSSR count). The van der Waals surface area contributed by atoms with Crippen molar-refractivity contribution in [2.24, 2.45) is 17.4 Å². The van der Waals surface area contributed by atoms with Gasteiger partial charge in [0, 0.05) is 115 Å². The number of primary amides is 1. The van der Waals surface area contributed by atoms with E-state index in [1.807, 2.05) is 0 Å². The Bertz CT molecular complexity index is 5260. The van der Waals surface area contributed by atoms with Crippen LogP contribution in [0.5, 0.6) is 5.75 Å². The first kappa shape index (κ1) is 106. The van der Waals surface area contributed by atoms with Crippen LogP contribution in [0.4, 0.5) is 13.2 Å². The summed E-state index contributed by atoms with van der Waals surface area (Å²) in [6, 6.07) is 7.35. The van der Waals surface area contributed by atoms with Crippen LogP contribution in [0.3, 0.4) is 0 Å². The number of H-pyrrole nitrogens is 1. The highest BCUT2D eigenvalue weighted by atomic mass is 32.2. The van der Waals surface area contributed by atoms with Gasteiger partial charge in [-0.2, -0.15) is 0 Å². The largest absolute Gasteiger partial charge is 0.508 e. The Morgan fingerprint density at radius 3 is 1.72 bits per heavy atom. The summed E-state index contributed by atoms with van der Waals surface area (Å²) >= 11 is 0.641. The third kappa shape index (κ3) is 29.7. The predicted molar refractivity (Wildman–Crippen MR) is 490 cm³/mol. The molecular weight excluding hydrogens is 1790 g/mol. The minimum atomic E-state index is -2.06. The van der Waals surface area contributed by atoms with Gasteiger partial charge >= 0.3 is 11.9 Å². The number of phenolic OH excluding ortho intramolecular Hbond substituents is 1. The molecule has 15 amide bonds. The summed E-state index contributed by atoms with van der Waals surface area (Å²) in [7, 11) is 3.57. The van der Waals surface area contributed by atoms with E-state index in [-0.39, 0.29) is 83.3 Å². The van der Waals surface area contributed by atoms with Gasteiger partial charge in [0.1, 0.15) is 84.3 Å². The van der Waals surface area contributed by atoms with Gasteiger partial charge in [-0.1, -0.05) is 125 Å². The summed E-state index contributed by atoms with van der Waals surface area (Å²) in [5.41, 5.74) is 13.2. The SMILES string of the molecule is CCCC[C@H]1C(=O)N2C[C@H](O)C[C@@H]2C(=O)N[C@@H](CC(=O)O)C(=O)N[C@@H](C(C)C)C(=O)N(C)[C@@H](Cc2ccccc2)C(=O)N[C@@H](CCC(=O)O)C(=O)N2CCNC[C@@H]2C(=O)N[C@H](Cc2c[nH]c3ccccc23)C(=O)N[C@@H](Cc2ccc(O)cc2)C(=O)N[C@@H](CCCCN)C(=O)N[C@H](C(=O)NCC(N)=O)CSCC(=O)N[C@@H](Cc2cc(F)c(F)c(F)c2)C(=O)N(C)[C@@H](Cc2ccccc2)C(=O)N1C. The lowest BCUT2D eigenvalue weighted by Gasteiger charge is -2.38. The van der Waals surface area contributed by atoms with Gasteiger partial charge in [0.05, 0.1) is 24.8 Å². The number of fused-ring (bicyclic) bond motifs is 3. The summed E-state index contributed by atoms with van der Waals surface area (Å²) < 4.78 is 45.1. The van der Waals surface area contributed by atoms with E-state index >= 15 is 56.7 Å². The van der Waals surface area contributed by atoms with Gasteiger partial charge in [0.25, 0.3) is 0 Å². The Hall–Kier alpha value is -13.6. The maximum Gasteiger partial charge on any atom is 0.305 e. The maximum atomic E-state index is 15.7. The fraction of sp³-hybridized carbons (Fsp3) is 0.473. The summed E-state index contributed by atoms with van der Waals surface area (Å²) in [5, 5.41) is 69.2. The zero-order chi connectivity index (χ0) is 99.3. The molecule has 3 aliphatic rings. The van der Waals surface area contributed by atoms with Crippen molar-refractivity contribution in [2.45, 2.75) is 202 Å². The van der Waals surface area contributed by atoms with Crippen LogP contribution >= 0.6 is 11.8 Å². The van der Waals surface area contributed by atoms with Crippen LogP contribution in [0.2, 0.25) is 0 Å². The van der Waals surface area contributed by atoms with Crippen molar-refractivity contribution >= 4 is 123 Å². The first-order chi connectivity index (χ1) is 64.7. The Morgan fingerprint density at radius 1 is 0.537 bits per heavy atom. The highest BCUT2D eigenvalue weighted by Crippen LogP contribution is 2.28. The number of hydrogen-bond acceptors (Lipinski definition) is 22. The number of aliphatic hydroxyl groups is 1. The summed E-state index contributed by atoms with van der Waals surface area (Å²) in [5.74, 6) is -26.6. The molecule has 136 heavy (non-hydrogen) atoms. The van der Waals surface area contributed by atoms with Crippen LogP contribution < -0.4 is 64.6 Å². The number of phenols is 1. The number of halogens is 3. The Morgan fingerprint density at radius 2 is 1.10 bits per heavy atom. The highest BCUT2D eigenvalue weighted by Gasteiger charge is 2.48. The number of hydrogen-bond donors (Lipinski definition) is 17. The van der Waals surface area contributed by atoms with E-state index in [4.69, 9.17) is 11.5 Å². The molecule has 39 nitrogen and oxygen atoms in total. The molecule has 0 saturated carbocycles. The number of para-hydroxylation sites is 1. The number of aromatic amines is 1. The molecule has 0 spiro atoms. The van der Waals surface area contributed by atoms with Gasteiger partial charge < -0.3 is 115 Å². The lowest BCUT2D eigenvalue weighted by molar-refractivity contribution is -0.152. The molecule has 0 aliphatic carbocycles. The number of carboxylic acid groups (broad SMARTS) is 2. The maximum absolute atomic E-state index is 15.7. The van der Waals surface area contributed by atoms with Crippen LogP contribution in [0.1, 0.15) is 113 Å². The van der Waals surface area contributed by atoms with Crippen molar-refractivity contribution in [3.8, 4) is 5.75 Å². The molecule has 14 atom stereocenters. The summed E-state index contributed by atoms with van der Waals surface area (Å²) in [6.45, 7) is 2.88. The van der Waals surface area contributed by atoms with Crippen molar-refractivity contribution < 1.29 is 115 Å². The van der Waals surface area contributed by atoms with Crippen molar-refractivity contribution in [3.63, 3.8) is 0 Å². The second-order valence-electron chi connectivity index (χ2n) is 34.3. The molecule has 0 unspecified atom stereocenters. The van der Waals surface area contributed by atoms with Gasteiger partial charge in [-0.25, -0.2) is 13.2 Å². The quantitative estimate of drug-likeness (QED) is 0.0242. The molecular formula is C93H119F3N18O21S. The molecule has 43 heteroatoms. The second kappa shape index (κ2) is 50.7. The van der Waals surface area contributed by atoms with Crippen LogP contribution in [0, 0.1) is 23.4 Å². The van der Waals surface area contributed by atoms with Crippen LogP contribution in [0.25, 0.3) is 10.9 Å². The van der Waals surface area contributed by atoms with E-state index in [1.54, 1.807) is 98.0 Å². The number of aromatic nitrogens is 1. The Balaban J connectivity index is 1.15. The van der Waals surface area contributed by atoms with Crippen molar-refractivity contribution in [3.05, 3.63) is 173 Å². The number of amides is 15. The molecule has 3 saturated heterocycles. The van der Waals surface area contributed by atoms with Gasteiger partial charge in [-0.3, -0.25) is 81.5 Å². The van der Waals surface area contributed by atoms with Gasteiger partial charge in [0.15, 0.2) is 17.5 Å². The summed E-state index contributed by atoms with van der Waals surface area (Å²) in [6.07, 6.45) is -4.52. The molecule has 19 N–H and O–H groups in total. The first-order valence-corrected chi connectivity index (χ1v) is 45.9. The van der Waals surface area contributed by atoms with E-state index in [9.17, 15) is 58.4 Å². The number of aliphatic hydroxyl groups excluding tert-OH is 1. The van der Waals surface area contributed by atoms with Gasteiger partial charge in [-0.15, -0.1) is 11.8 Å². The number of carbonyl (C=O) groups excluding carboxylic acids is 15. The lowest BCUT2D eigenvalue weighted by atomic mass is 9.98. The van der Waals surface area contributed by atoms with Crippen molar-refractivity contribution in [1.29, 1.82) is 0 Å². The number of aliphatic carboxylic acids is 2. The van der Waals surface area contributed by atoms with Gasteiger partial charge in [-0.05, 0) is 103 Å². The molecule has 734 valence electrons. The fourth-order valence-electron chi connectivity index (χ4n) is 16.4. The number of unbranched alkanes of at least 4 members (excludes halogenated alkanes) is 2. The third-order valence-corrected chi connectivity index (χ3v) is 25.0. The zero-order valence-corrected chi connectivity index (χ0v) is 77.0. The Kier molecular flexibility index (Phi) is 39.6. The smallest absolute Gasteiger partial charge is 0.305 e. The number of carbonyl (C=O) groups is 17. The number of nitrogens with two attached hydrogens (primary N) is 2. The predicted octanol–water partition coefficient (Wildman–Crippen LogP) is -0.411. The van der Waals surface area contributed by atoms with E-state index in [1.165, 1.54) is 52.2 Å². The highest BCUT2D eigenvalue weighted by molar-refractivity contribution is 8.00. The number of aromatic hydroxyl groups is 1. The molecule has 6 aromatic rings. The van der Waals surface area contributed by atoms with Crippen LogP contribution in [-0.4, -0.2) is 307 Å². The number of carboxylic acids is 2. The van der Waals surface area contributed by atoms with Crippen molar-refractivity contribution in [2.75, 3.05) is 71.9 Å². The molecule has 0 bridgehead atoms. The average Bonchev–Trinajstić information content (AvgIpc) is 1.64. The number of piperazine rings is 1. The van der Waals surface area contributed by atoms with Crippen molar-refractivity contribution in [1.82, 2.24) is 82.7 Å². The van der Waals surface area contributed by atoms with E-state index in [2.05, 4.69) is 58.2 Å². The first-order valence-electron chi connectivity index (χ1n) is 44.8. The molecule has 4 heterocycles. The topological polar surface area (TPSA) is 575 Å². The minimum Gasteiger partial charge on any atom is -0.508 e. The van der Waals surface area contributed by atoms with Crippen LogP contribution in [0.15, 0.2) is 128 Å². The molecule has 3 aliphatic heterocycles. The fourth-order valence-corrected chi connectivity index (χ4v) is 17.3. The van der Waals surface area contributed by atoms with E-state index in [0.717, 1.165) is 31.5 Å². The molecule has 3 fully saturated rings. The summed E-state index contributed by atoms with van der Waals surface area (Å²) in [4.78, 5) is 259. The number of rotatable bonds is 26. The van der Waals surface area contributed by atoms with E-state index in [0.29, 0.717) is 63.5 Å². The molecule has 1 aromatic heterocycles. The van der Waals surface area contributed by atoms with E-state index < -0.39 is 277 Å². The third-order valence-electron chi connectivity index (χ3n) is 23.9. The number of nitrogens with one attached hydrogen (secondary N) is 11. The van der Waals surface area contributed by atoms with Gasteiger partial charge in [0.2, 0.25) is 88.6 Å². The number of likely N-dealkylation sites (N-methyl/N-ethyl adjacent to an activating group) is 3. The monoisotopic (exact) mass is 1910 g/mol. The average molecular weight is 1910 g/mol. The number of thioether (sulfide) groups is 1. The second-order valence-corrected chi connectivity index (χ2v) is 35.3. The number of nitrogens with zero attached hydrogens (tertiary/aromatic N) is 5. The number of benzene rings is 5. The molecule has 0 radical (unpaired) electrons. The van der Waals surface area contributed by atoms with Crippen LogP contribution in [-0.2, 0) is 114 Å². The Labute approximate surface area is 786 Å². The standard InChI is InChI=1S/C93H119F3N18O21S/c1-7-8-26-70-92(134)114-48-58(116)43-72(114)87(129)107-67(44-78(121)122)85(127)109-80(51(2)3)93(135)111(5)71(40-52-19-11-9-12-20-52)86(128)104-64(31-32-77(119)120)90(132)113-35-34-99-46-74(113)88(130)106-66(42-56-45-100-62-24-16-15-23-59(56)62)84(126)105-65(38-54-27-29-57(115)30-28-54)83(125)103-63(25-17-18-33-97)82(124)108-69(81(123)101-47-75(98)117)49-136-50-76(118)102-68(39-55-36-60(94)79(96)61(95)37-55)89(131)112(6)73(91(133)110(70)4)41-53-21-13-10-14-22-53/h9-16,19-24,27-30,36-37,45,51,58,63-74,80,99-100,115-116H,7-8,17-18,25-26,31-35,38-44,46-50,97H2,1-6H3,(H2,98,117)(H,101,123)(H,102,118)(H,103,125)(H,104,128)(H,105,126)(H,106,130)(H,107,129)(H,108,124)(H,109,127)(H,119,120)(H,121,122)/t58-,63+,64+,65+,66-,67+,68+,69+,70+,71+,72-,73+,74-,80+/m1/s1. The normalized spacial score (nSPS) is 23.9. The minimum absolute atomic E-state index is 0.0162. The lowest BCUT2D eigenvalue weighted by Crippen LogP contribution is -2.65.